The van der Waals surface area contributed by atoms with Crippen molar-refractivity contribution in [3.8, 4) is 16.3 Å². The van der Waals surface area contributed by atoms with E-state index in [1.54, 1.807) is 23.3 Å². The zero-order chi connectivity index (χ0) is 18.5. The predicted molar refractivity (Wildman–Crippen MR) is 105 cm³/mol. The summed E-state index contributed by atoms with van der Waals surface area (Å²) in [5.41, 5.74) is 3.18. The molecule has 2 aromatic carbocycles. The van der Waals surface area contributed by atoms with Crippen molar-refractivity contribution in [2.75, 3.05) is 13.7 Å². The van der Waals surface area contributed by atoms with E-state index < -0.39 is 0 Å². The van der Waals surface area contributed by atoms with Gasteiger partial charge in [0.25, 0.3) is 5.91 Å². The number of aryl methyl sites for hydroxylation is 1. The van der Waals surface area contributed by atoms with Crippen LogP contribution < -0.4 is 4.74 Å². The van der Waals surface area contributed by atoms with Crippen LogP contribution in [-0.2, 0) is 4.79 Å². The highest BCUT2D eigenvalue weighted by molar-refractivity contribution is 7.13. The standard InChI is InChI=1S/C21H22N2O2S/c1-15-14-26-21(22-15)18-9-11-19(12-10-18)25-13-20(24)23(3)16(2)17-7-5-4-6-8-17/h4-12,14,16H,13H2,1-3H3/t16-/m1/s1. The molecular formula is C21H22N2O2S. The Hall–Kier alpha value is -2.66. The summed E-state index contributed by atoms with van der Waals surface area (Å²) in [7, 11) is 1.80. The molecule has 0 bridgehead atoms. The van der Waals surface area contributed by atoms with E-state index in [2.05, 4.69) is 4.98 Å². The Kier molecular flexibility index (Phi) is 5.68. The highest BCUT2D eigenvalue weighted by atomic mass is 32.1. The molecule has 0 aliphatic carbocycles. The van der Waals surface area contributed by atoms with Crippen LogP contribution in [0.5, 0.6) is 5.75 Å². The van der Waals surface area contributed by atoms with Crippen molar-refractivity contribution in [3.63, 3.8) is 0 Å². The molecule has 4 nitrogen and oxygen atoms in total. The molecule has 0 aliphatic heterocycles. The lowest BCUT2D eigenvalue weighted by molar-refractivity contribution is -0.134. The topological polar surface area (TPSA) is 42.4 Å². The lowest BCUT2D eigenvalue weighted by atomic mass is 10.1. The summed E-state index contributed by atoms with van der Waals surface area (Å²) < 4.78 is 5.66. The Labute approximate surface area is 158 Å². The first-order valence-corrected chi connectivity index (χ1v) is 9.38. The van der Waals surface area contributed by atoms with Crippen LogP contribution >= 0.6 is 11.3 Å². The summed E-state index contributed by atoms with van der Waals surface area (Å²) >= 11 is 1.62. The van der Waals surface area contributed by atoms with Gasteiger partial charge >= 0.3 is 0 Å². The minimum atomic E-state index is -0.0547. The van der Waals surface area contributed by atoms with E-state index in [0.717, 1.165) is 21.8 Å². The van der Waals surface area contributed by atoms with Gasteiger partial charge in [0, 0.05) is 23.7 Å². The first-order chi connectivity index (χ1) is 12.5. The fourth-order valence-corrected chi connectivity index (χ4v) is 3.40. The molecular weight excluding hydrogens is 344 g/mol. The number of thiazole rings is 1. The van der Waals surface area contributed by atoms with Gasteiger partial charge in [-0.25, -0.2) is 4.98 Å². The van der Waals surface area contributed by atoms with Crippen molar-refractivity contribution in [1.29, 1.82) is 0 Å². The molecule has 0 saturated heterocycles. The first kappa shape index (κ1) is 18.1. The molecule has 3 rings (SSSR count). The number of hydrogen-bond acceptors (Lipinski definition) is 4. The van der Waals surface area contributed by atoms with E-state index in [9.17, 15) is 4.79 Å². The molecule has 3 aromatic rings. The third-order valence-corrected chi connectivity index (χ3v) is 5.35. The summed E-state index contributed by atoms with van der Waals surface area (Å²) in [6.45, 7) is 4.01. The Balaban J connectivity index is 1.57. The van der Waals surface area contributed by atoms with Gasteiger partial charge < -0.3 is 9.64 Å². The Morgan fingerprint density at radius 2 is 1.85 bits per heavy atom. The summed E-state index contributed by atoms with van der Waals surface area (Å²) in [6.07, 6.45) is 0. The molecule has 0 unspecified atom stereocenters. The second-order valence-electron chi connectivity index (χ2n) is 6.20. The van der Waals surface area contributed by atoms with Crippen LogP contribution in [0.3, 0.4) is 0 Å². The van der Waals surface area contributed by atoms with E-state index in [1.165, 1.54) is 0 Å². The number of benzene rings is 2. The number of amides is 1. The smallest absolute Gasteiger partial charge is 0.260 e. The van der Waals surface area contributed by atoms with Crippen LogP contribution in [0.2, 0.25) is 0 Å². The third-order valence-electron chi connectivity index (χ3n) is 4.34. The van der Waals surface area contributed by atoms with Crippen molar-refractivity contribution in [3.05, 3.63) is 71.2 Å². The molecule has 1 aromatic heterocycles. The number of carbonyl (C=O) groups is 1. The normalized spacial score (nSPS) is 11.8. The average molecular weight is 366 g/mol. The lowest BCUT2D eigenvalue weighted by Crippen LogP contribution is -2.33. The fourth-order valence-electron chi connectivity index (χ4n) is 2.60. The van der Waals surface area contributed by atoms with Crippen molar-refractivity contribution in [1.82, 2.24) is 9.88 Å². The maximum absolute atomic E-state index is 12.4. The fraction of sp³-hybridized carbons (Fsp3) is 0.238. The number of carbonyl (C=O) groups excluding carboxylic acids is 1. The van der Waals surface area contributed by atoms with Crippen LogP contribution in [0.4, 0.5) is 0 Å². The molecule has 1 amide bonds. The maximum Gasteiger partial charge on any atom is 0.260 e. The molecule has 26 heavy (non-hydrogen) atoms. The third kappa shape index (κ3) is 4.29. The lowest BCUT2D eigenvalue weighted by Gasteiger charge is -2.25. The highest BCUT2D eigenvalue weighted by Gasteiger charge is 2.17. The van der Waals surface area contributed by atoms with Gasteiger partial charge in [-0.15, -0.1) is 11.3 Å². The zero-order valence-corrected chi connectivity index (χ0v) is 16.0. The van der Waals surface area contributed by atoms with Crippen LogP contribution in [-0.4, -0.2) is 29.4 Å². The van der Waals surface area contributed by atoms with Crippen LogP contribution in [0, 0.1) is 6.92 Å². The van der Waals surface area contributed by atoms with E-state index in [4.69, 9.17) is 4.74 Å². The number of nitrogens with zero attached hydrogens (tertiary/aromatic N) is 2. The number of likely N-dealkylation sites (N-methyl/N-ethyl adjacent to an activating group) is 1. The Morgan fingerprint density at radius 3 is 2.46 bits per heavy atom. The monoisotopic (exact) mass is 366 g/mol. The second kappa shape index (κ2) is 8.15. The largest absolute Gasteiger partial charge is 0.484 e. The Bertz CT molecular complexity index is 859. The van der Waals surface area contributed by atoms with Crippen molar-refractivity contribution >= 4 is 17.2 Å². The molecule has 0 N–H and O–H groups in total. The summed E-state index contributed by atoms with van der Waals surface area (Å²) in [4.78, 5) is 18.6. The van der Waals surface area contributed by atoms with Gasteiger partial charge in [0.2, 0.25) is 0 Å². The number of hydrogen-bond donors (Lipinski definition) is 0. The summed E-state index contributed by atoms with van der Waals surface area (Å²) in [5.74, 6) is 0.622. The van der Waals surface area contributed by atoms with Gasteiger partial charge in [-0.05, 0) is 43.7 Å². The maximum atomic E-state index is 12.4. The number of ether oxygens (including phenoxy) is 1. The quantitative estimate of drug-likeness (QED) is 0.634. The van der Waals surface area contributed by atoms with Gasteiger partial charge in [-0.2, -0.15) is 0 Å². The van der Waals surface area contributed by atoms with Crippen LogP contribution in [0.1, 0.15) is 24.2 Å². The average Bonchev–Trinajstić information content (AvgIpc) is 3.12. The molecule has 0 fully saturated rings. The van der Waals surface area contributed by atoms with Gasteiger partial charge in [0.1, 0.15) is 10.8 Å². The predicted octanol–water partition coefficient (Wildman–Crippen LogP) is 4.72. The van der Waals surface area contributed by atoms with Crippen LogP contribution in [0.25, 0.3) is 10.6 Å². The zero-order valence-electron chi connectivity index (χ0n) is 15.2. The molecule has 5 heteroatoms. The molecule has 1 heterocycles. The van der Waals surface area contributed by atoms with E-state index >= 15 is 0 Å². The minimum absolute atomic E-state index is 0.00261. The van der Waals surface area contributed by atoms with Crippen molar-refractivity contribution in [2.45, 2.75) is 19.9 Å². The molecule has 0 spiro atoms. The van der Waals surface area contributed by atoms with Crippen LogP contribution in [0.15, 0.2) is 60.0 Å². The number of rotatable bonds is 6. The van der Waals surface area contributed by atoms with Gasteiger partial charge in [-0.1, -0.05) is 30.3 Å². The highest BCUT2D eigenvalue weighted by Crippen LogP contribution is 2.25. The van der Waals surface area contributed by atoms with E-state index in [-0.39, 0.29) is 18.6 Å². The van der Waals surface area contributed by atoms with Gasteiger partial charge in [0.05, 0.1) is 6.04 Å². The molecule has 134 valence electrons. The molecule has 0 radical (unpaired) electrons. The number of aromatic nitrogens is 1. The molecule has 0 saturated carbocycles. The van der Waals surface area contributed by atoms with Gasteiger partial charge in [-0.3, -0.25) is 4.79 Å². The minimum Gasteiger partial charge on any atom is -0.484 e. The van der Waals surface area contributed by atoms with Gasteiger partial charge in [0.15, 0.2) is 6.61 Å². The second-order valence-corrected chi connectivity index (χ2v) is 7.06. The summed E-state index contributed by atoms with van der Waals surface area (Å²) in [6, 6.07) is 17.7. The van der Waals surface area contributed by atoms with Crippen molar-refractivity contribution in [2.24, 2.45) is 0 Å². The van der Waals surface area contributed by atoms with Crippen molar-refractivity contribution < 1.29 is 9.53 Å². The molecule has 0 aliphatic rings. The van der Waals surface area contributed by atoms with E-state index in [1.807, 2.05) is 73.8 Å². The Morgan fingerprint density at radius 1 is 1.15 bits per heavy atom. The first-order valence-electron chi connectivity index (χ1n) is 8.50. The molecule has 1 atom stereocenters. The summed E-state index contributed by atoms with van der Waals surface area (Å²) in [5, 5.41) is 3.02. The van der Waals surface area contributed by atoms with E-state index in [0.29, 0.717) is 5.75 Å². The SMILES string of the molecule is Cc1csc(-c2ccc(OCC(=O)N(C)[C@H](C)c3ccccc3)cc2)n1.